The van der Waals surface area contributed by atoms with Crippen molar-refractivity contribution in [2.45, 2.75) is 44.6 Å². The number of nitrogens with zero attached hydrogens (tertiary/aromatic N) is 1. The number of carbonyl (C=O) groups is 1. The molecule has 2 rings (SSSR count). The summed E-state index contributed by atoms with van der Waals surface area (Å²) < 4.78 is 0. The Hall–Kier alpha value is -0.280. The largest absolute Gasteiger partial charge is 0.337 e. The Bertz CT molecular complexity index is 218. The first-order chi connectivity index (χ1) is 6.75. The van der Waals surface area contributed by atoms with Gasteiger partial charge >= 0.3 is 0 Å². The first kappa shape index (κ1) is 12.8. The van der Waals surface area contributed by atoms with Crippen LogP contribution in [0.2, 0.25) is 0 Å². The van der Waals surface area contributed by atoms with Gasteiger partial charge in [-0.25, -0.2) is 0 Å². The van der Waals surface area contributed by atoms with Crippen LogP contribution in [0.25, 0.3) is 0 Å². The third-order valence-electron chi connectivity index (χ3n) is 3.76. The molecule has 2 fully saturated rings. The van der Waals surface area contributed by atoms with E-state index in [1.807, 2.05) is 0 Å². The van der Waals surface area contributed by atoms with Crippen LogP contribution in [0.4, 0.5) is 0 Å². The summed E-state index contributed by atoms with van der Waals surface area (Å²) in [6, 6.07) is 0. The van der Waals surface area contributed by atoms with Crippen LogP contribution in [0, 0.1) is 0 Å². The van der Waals surface area contributed by atoms with Crippen LogP contribution in [-0.4, -0.2) is 36.0 Å². The summed E-state index contributed by atoms with van der Waals surface area (Å²) in [5, 5.41) is 3.38. The van der Waals surface area contributed by atoms with Crippen molar-refractivity contribution in [2.75, 3.05) is 19.6 Å². The monoisotopic (exact) mass is 232 g/mol. The number of likely N-dealkylation sites (tertiary alicyclic amines) is 1. The summed E-state index contributed by atoms with van der Waals surface area (Å²) in [5.41, 5.74) is 0.218. The van der Waals surface area contributed by atoms with Gasteiger partial charge in [0.2, 0.25) is 5.91 Å². The van der Waals surface area contributed by atoms with Crippen LogP contribution in [0.15, 0.2) is 0 Å². The molecule has 4 heteroatoms. The van der Waals surface area contributed by atoms with Crippen molar-refractivity contribution in [3.05, 3.63) is 0 Å². The number of nitrogens with one attached hydrogen (secondary N) is 1. The van der Waals surface area contributed by atoms with Gasteiger partial charge in [0.05, 0.1) is 0 Å². The first-order valence-electron chi connectivity index (χ1n) is 5.74. The second-order valence-corrected chi connectivity index (χ2v) is 4.60. The van der Waals surface area contributed by atoms with Crippen molar-refractivity contribution in [1.82, 2.24) is 10.2 Å². The molecule has 1 amide bonds. The highest BCUT2D eigenvalue weighted by atomic mass is 35.5. The Morgan fingerprint density at radius 1 is 1.20 bits per heavy atom. The minimum Gasteiger partial charge on any atom is -0.337 e. The second kappa shape index (κ2) is 5.17. The highest BCUT2D eigenvalue weighted by Crippen LogP contribution is 2.35. The van der Waals surface area contributed by atoms with E-state index in [4.69, 9.17) is 0 Å². The van der Waals surface area contributed by atoms with E-state index in [9.17, 15) is 4.79 Å². The van der Waals surface area contributed by atoms with E-state index in [0.29, 0.717) is 0 Å². The molecule has 0 unspecified atom stereocenters. The van der Waals surface area contributed by atoms with Crippen molar-refractivity contribution in [3.8, 4) is 0 Å². The van der Waals surface area contributed by atoms with Crippen LogP contribution in [0.5, 0.6) is 0 Å². The molecule has 2 saturated heterocycles. The second-order valence-electron chi connectivity index (χ2n) is 4.60. The van der Waals surface area contributed by atoms with Gasteiger partial charge in [-0.3, -0.25) is 4.79 Å². The van der Waals surface area contributed by atoms with Gasteiger partial charge in [-0.05, 0) is 45.2 Å². The molecular formula is C11H21ClN2O. The zero-order valence-electron chi connectivity index (χ0n) is 9.42. The summed E-state index contributed by atoms with van der Waals surface area (Å²) in [5.74, 6) is 0.270. The normalized spacial score (nSPS) is 24.7. The number of rotatable bonds is 0. The number of hydrogen-bond acceptors (Lipinski definition) is 2. The predicted octanol–water partition coefficient (Wildman–Crippen LogP) is 1.56. The van der Waals surface area contributed by atoms with E-state index in [-0.39, 0.29) is 23.9 Å². The van der Waals surface area contributed by atoms with Gasteiger partial charge in [0.15, 0.2) is 0 Å². The summed E-state index contributed by atoms with van der Waals surface area (Å²) in [4.78, 5) is 13.7. The Morgan fingerprint density at radius 2 is 1.87 bits per heavy atom. The van der Waals surface area contributed by atoms with Crippen molar-refractivity contribution < 1.29 is 4.79 Å². The average Bonchev–Trinajstić information content (AvgIpc) is 2.19. The summed E-state index contributed by atoms with van der Waals surface area (Å²) in [7, 11) is 0. The van der Waals surface area contributed by atoms with Gasteiger partial charge in [-0.1, -0.05) is 0 Å². The van der Waals surface area contributed by atoms with Crippen LogP contribution >= 0.6 is 12.4 Å². The van der Waals surface area contributed by atoms with Crippen LogP contribution < -0.4 is 5.32 Å². The van der Waals surface area contributed by atoms with E-state index in [2.05, 4.69) is 10.2 Å². The quantitative estimate of drug-likeness (QED) is 0.688. The number of halogens is 1. The maximum atomic E-state index is 11.6. The molecule has 0 bridgehead atoms. The lowest BCUT2D eigenvalue weighted by atomic mass is 9.79. The minimum absolute atomic E-state index is 0. The van der Waals surface area contributed by atoms with E-state index < -0.39 is 0 Å². The van der Waals surface area contributed by atoms with E-state index >= 15 is 0 Å². The van der Waals surface area contributed by atoms with Gasteiger partial charge in [-0.15, -0.1) is 12.4 Å². The molecule has 0 saturated carbocycles. The molecule has 0 radical (unpaired) electrons. The lowest BCUT2D eigenvalue weighted by Gasteiger charge is -2.49. The molecule has 88 valence electrons. The molecule has 15 heavy (non-hydrogen) atoms. The molecule has 3 nitrogen and oxygen atoms in total. The minimum atomic E-state index is 0. The molecule has 0 aromatic carbocycles. The average molecular weight is 233 g/mol. The number of hydrogen-bond donors (Lipinski definition) is 1. The zero-order chi connectivity index (χ0) is 10.0. The van der Waals surface area contributed by atoms with E-state index in [0.717, 1.165) is 32.5 Å². The first-order valence-corrected chi connectivity index (χ1v) is 5.74. The number of carbonyl (C=O) groups excluding carboxylic acids is 1. The maximum absolute atomic E-state index is 11.6. The lowest BCUT2D eigenvalue weighted by molar-refractivity contribution is -0.139. The molecule has 0 aromatic heterocycles. The molecular weight excluding hydrogens is 212 g/mol. The Labute approximate surface area is 98.0 Å². The molecule has 1 N–H and O–H groups in total. The zero-order valence-corrected chi connectivity index (χ0v) is 10.2. The Morgan fingerprint density at radius 3 is 2.47 bits per heavy atom. The third-order valence-corrected chi connectivity index (χ3v) is 3.76. The van der Waals surface area contributed by atoms with Gasteiger partial charge in [-0.2, -0.15) is 0 Å². The fourth-order valence-electron chi connectivity index (χ4n) is 3.00. The fourth-order valence-corrected chi connectivity index (χ4v) is 3.00. The molecule has 2 aliphatic rings. The van der Waals surface area contributed by atoms with Crippen molar-refractivity contribution in [3.63, 3.8) is 0 Å². The Balaban J connectivity index is 0.00000112. The maximum Gasteiger partial charge on any atom is 0.219 e. The molecule has 0 aliphatic carbocycles. The van der Waals surface area contributed by atoms with Crippen molar-refractivity contribution >= 4 is 18.3 Å². The SMILES string of the molecule is CC(=O)N1CCCCC12CCNCC2.Cl. The van der Waals surface area contributed by atoms with Gasteiger partial charge in [0.1, 0.15) is 0 Å². The standard InChI is InChI=1S/C11H20N2O.ClH/c1-10(14)13-9-3-2-4-11(13)5-7-12-8-6-11;/h12H,2-9H2,1H3;1H. The fraction of sp³-hybridized carbons (Fsp3) is 0.909. The lowest BCUT2D eigenvalue weighted by Crippen LogP contribution is -2.58. The topological polar surface area (TPSA) is 32.3 Å². The Kier molecular flexibility index (Phi) is 4.41. The highest BCUT2D eigenvalue weighted by molar-refractivity contribution is 5.85. The number of piperidine rings is 2. The van der Waals surface area contributed by atoms with Gasteiger partial charge in [0.25, 0.3) is 0 Å². The van der Waals surface area contributed by atoms with E-state index in [1.165, 1.54) is 19.3 Å². The van der Waals surface area contributed by atoms with Crippen LogP contribution in [0.3, 0.4) is 0 Å². The third kappa shape index (κ3) is 2.45. The molecule has 1 spiro atoms. The van der Waals surface area contributed by atoms with Crippen molar-refractivity contribution in [1.29, 1.82) is 0 Å². The molecule has 2 heterocycles. The molecule has 0 aromatic rings. The summed E-state index contributed by atoms with van der Waals surface area (Å²) in [6.45, 7) is 4.85. The smallest absolute Gasteiger partial charge is 0.219 e. The van der Waals surface area contributed by atoms with Crippen molar-refractivity contribution in [2.24, 2.45) is 0 Å². The highest BCUT2D eigenvalue weighted by Gasteiger charge is 2.40. The summed E-state index contributed by atoms with van der Waals surface area (Å²) in [6.07, 6.45) is 5.99. The molecule has 2 aliphatic heterocycles. The molecule has 0 atom stereocenters. The van der Waals surface area contributed by atoms with Gasteiger partial charge in [0, 0.05) is 19.0 Å². The summed E-state index contributed by atoms with van der Waals surface area (Å²) >= 11 is 0. The van der Waals surface area contributed by atoms with E-state index in [1.54, 1.807) is 6.92 Å². The van der Waals surface area contributed by atoms with Crippen LogP contribution in [-0.2, 0) is 4.79 Å². The number of amides is 1. The van der Waals surface area contributed by atoms with Crippen LogP contribution in [0.1, 0.15) is 39.0 Å². The van der Waals surface area contributed by atoms with Gasteiger partial charge < -0.3 is 10.2 Å². The predicted molar refractivity (Wildman–Crippen MR) is 63.3 cm³/mol.